The SMILES string of the molecule is c1ccc(-c2nc3cccnc3c3nc(-c4ccc(-c5ccc6cc(-c7cc8ccccc8c8ccccc78)ccc6c5)cc4)n(-c4ccccc4)c23)cc1. The lowest BCUT2D eigenvalue weighted by Gasteiger charge is -2.13. The highest BCUT2D eigenvalue weighted by Gasteiger charge is 2.22. The summed E-state index contributed by atoms with van der Waals surface area (Å²) in [6, 6.07) is 66.8. The van der Waals surface area contributed by atoms with Gasteiger partial charge in [0.2, 0.25) is 0 Å². The van der Waals surface area contributed by atoms with E-state index in [1.165, 1.54) is 49.0 Å². The van der Waals surface area contributed by atoms with E-state index in [1.54, 1.807) is 0 Å². The Kier molecular flexibility index (Phi) is 7.14. The number of pyridine rings is 2. The van der Waals surface area contributed by atoms with Crippen molar-refractivity contribution in [2.75, 3.05) is 0 Å². The molecule has 0 aliphatic heterocycles. The van der Waals surface area contributed by atoms with Gasteiger partial charge in [0.15, 0.2) is 0 Å². The average Bonchev–Trinajstić information content (AvgIpc) is 3.67. The van der Waals surface area contributed by atoms with Crippen LogP contribution in [0, 0.1) is 0 Å². The van der Waals surface area contributed by atoms with Gasteiger partial charge in [0.25, 0.3) is 0 Å². The number of para-hydroxylation sites is 1. The first-order valence-electron chi connectivity index (χ1n) is 18.6. The fourth-order valence-corrected chi connectivity index (χ4v) is 8.16. The van der Waals surface area contributed by atoms with Gasteiger partial charge in [-0.2, -0.15) is 0 Å². The quantitative estimate of drug-likeness (QED) is 0.168. The van der Waals surface area contributed by atoms with Gasteiger partial charge >= 0.3 is 0 Å². The molecule has 3 heterocycles. The molecule has 0 bridgehead atoms. The topological polar surface area (TPSA) is 43.6 Å². The molecule has 0 N–H and O–H groups in total. The molecule has 0 aliphatic carbocycles. The zero-order valence-corrected chi connectivity index (χ0v) is 29.8. The minimum atomic E-state index is 0.790. The zero-order valence-electron chi connectivity index (χ0n) is 29.8. The Labute approximate surface area is 317 Å². The van der Waals surface area contributed by atoms with Gasteiger partial charge in [-0.15, -0.1) is 0 Å². The van der Waals surface area contributed by atoms with Crippen LogP contribution in [-0.4, -0.2) is 19.5 Å². The standard InChI is InChI=1S/C51H32N4/c1-3-12-34(13-4-1)47-50-49(48-46(53-47)20-11-29-52-48)54-51(55(50)41-15-5-2-6-16-41)35-23-21-33(22-24-35)36-25-26-38-31-40(28-27-37(38)30-36)45-32-39-14-7-8-17-42(39)43-18-9-10-19-44(43)45/h1-32H. The molecule has 0 radical (unpaired) electrons. The molecule has 55 heavy (non-hydrogen) atoms. The van der Waals surface area contributed by atoms with Crippen molar-refractivity contribution in [2.24, 2.45) is 0 Å². The van der Waals surface area contributed by atoms with Crippen molar-refractivity contribution in [1.29, 1.82) is 0 Å². The van der Waals surface area contributed by atoms with Crippen molar-refractivity contribution in [1.82, 2.24) is 19.5 Å². The molecule has 4 heteroatoms. The maximum Gasteiger partial charge on any atom is 0.145 e. The predicted molar refractivity (Wildman–Crippen MR) is 228 cm³/mol. The Hall–Kier alpha value is -7.43. The number of fused-ring (bicyclic) bond motifs is 7. The Morgan fingerprint density at radius 3 is 1.82 bits per heavy atom. The van der Waals surface area contributed by atoms with Crippen LogP contribution in [-0.2, 0) is 0 Å². The fraction of sp³-hybridized carbons (Fsp3) is 0. The number of benzene rings is 8. The van der Waals surface area contributed by atoms with Crippen molar-refractivity contribution in [2.45, 2.75) is 0 Å². The van der Waals surface area contributed by atoms with Crippen molar-refractivity contribution >= 4 is 54.4 Å². The Balaban J connectivity index is 1.01. The van der Waals surface area contributed by atoms with Gasteiger partial charge in [-0.3, -0.25) is 9.55 Å². The normalized spacial score (nSPS) is 11.6. The summed E-state index contributed by atoms with van der Waals surface area (Å²) < 4.78 is 2.24. The number of aromatic nitrogens is 4. The minimum absolute atomic E-state index is 0.790. The molecule has 0 unspecified atom stereocenters. The monoisotopic (exact) mass is 700 g/mol. The van der Waals surface area contributed by atoms with Crippen LogP contribution in [0.15, 0.2) is 194 Å². The maximum absolute atomic E-state index is 5.35. The molecular formula is C51H32N4. The Bertz CT molecular complexity index is 3240. The van der Waals surface area contributed by atoms with Crippen LogP contribution in [0.2, 0.25) is 0 Å². The number of nitrogens with zero attached hydrogens (tertiary/aromatic N) is 4. The first-order valence-corrected chi connectivity index (χ1v) is 18.6. The van der Waals surface area contributed by atoms with Gasteiger partial charge in [-0.25, -0.2) is 9.97 Å². The number of hydrogen-bond acceptors (Lipinski definition) is 3. The summed E-state index contributed by atoms with van der Waals surface area (Å²) in [6.45, 7) is 0. The molecule has 256 valence electrons. The van der Waals surface area contributed by atoms with E-state index in [2.05, 4.69) is 168 Å². The lowest BCUT2D eigenvalue weighted by Crippen LogP contribution is -2.00. The second kappa shape index (κ2) is 12.6. The summed E-state index contributed by atoms with van der Waals surface area (Å²) in [5.41, 5.74) is 12.1. The van der Waals surface area contributed by atoms with E-state index >= 15 is 0 Å². The molecule has 0 spiro atoms. The minimum Gasteiger partial charge on any atom is -0.290 e. The van der Waals surface area contributed by atoms with E-state index in [0.717, 1.165) is 56.0 Å². The van der Waals surface area contributed by atoms with Crippen molar-refractivity contribution < 1.29 is 0 Å². The molecule has 4 nitrogen and oxygen atoms in total. The predicted octanol–water partition coefficient (Wildman–Crippen LogP) is 13.1. The Morgan fingerprint density at radius 2 is 1.02 bits per heavy atom. The van der Waals surface area contributed by atoms with Crippen LogP contribution in [0.3, 0.4) is 0 Å². The third-order valence-electron chi connectivity index (χ3n) is 10.8. The summed E-state index contributed by atoms with van der Waals surface area (Å²) in [7, 11) is 0. The molecule has 0 fully saturated rings. The Morgan fingerprint density at radius 1 is 0.382 bits per heavy atom. The summed E-state index contributed by atoms with van der Waals surface area (Å²) in [4.78, 5) is 15.3. The summed E-state index contributed by atoms with van der Waals surface area (Å²) in [5, 5.41) is 7.53. The molecule has 3 aromatic heterocycles. The summed E-state index contributed by atoms with van der Waals surface area (Å²) in [6.07, 6.45) is 1.82. The zero-order chi connectivity index (χ0) is 36.3. The molecule has 0 atom stereocenters. The van der Waals surface area contributed by atoms with Gasteiger partial charge in [-0.1, -0.05) is 146 Å². The van der Waals surface area contributed by atoms with Crippen LogP contribution in [0.4, 0.5) is 0 Å². The second-order valence-corrected chi connectivity index (χ2v) is 14.0. The van der Waals surface area contributed by atoms with Gasteiger partial charge in [-0.05, 0) is 97.0 Å². The molecule has 8 aromatic carbocycles. The van der Waals surface area contributed by atoms with E-state index < -0.39 is 0 Å². The third kappa shape index (κ3) is 5.19. The van der Waals surface area contributed by atoms with Crippen molar-refractivity contribution in [3.05, 3.63) is 194 Å². The van der Waals surface area contributed by atoms with Crippen LogP contribution >= 0.6 is 0 Å². The number of rotatable bonds is 5. The molecule has 0 saturated heterocycles. The second-order valence-electron chi connectivity index (χ2n) is 14.0. The van der Waals surface area contributed by atoms with E-state index in [9.17, 15) is 0 Å². The van der Waals surface area contributed by atoms with Gasteiger partial charge in [0.1, 0.15) is 22.4 Å². The third-order valence-corrected chi connectivity index (χ3v) is 10.8. The first-order chi connectivity index (χ1) is 27.3. The lowest BCUT2D eigenvalue weighted by molar-refractivity contribution is 1.10. The smallest absolute Gasteiger partial charge is 0.145 e. The van der Waals surface area contributed by atoms with Crippen LogP contribution in [0.25, 0.3) is 105 Å². The highest BCUT2D eigenvalue weighted by atomic mass is 15.1. The van der Waals surface area contributed by atoms with Gasteiger partial charge < -0.3 is 0 Å². The van der Waals surface area contributed by atoms with Crippen molar-refractivity contribution in [3.63, 3.8) is 0 Å². The van der Waals surface area contributed by atoms with Crippen molar-refractivity contribution in [3.8, 4) is 50.6 Å². The van der Waals surface area contributed by atoms with Crippen LogP contribution in [0.5, 0.6) is 0 Å². The summed E-state index contributed by atoms with van der Waals surface area (Å²) >= 11 is 0. The largest absolute Gasteiger partial charge is 0.290 e. The van der Waals surface area contributed by atoms with Gasteiger partial charge in [0, 0.05) is 23.0 Å². The maximum atomic E-state index is 5.35. The molecule has 0 amide bonds. The fourth-order valence-electron chi connectivity index (χ4n) is 8.16. The van der Waals surface area contributed by atoms with E-state index in [-0.39, 0.29) is 0 Å². The molecule has 11 rings (SSSR count). The first kappa shape index (κ1) is 31.1. The van der Waals surface area contributed by atoms with Crippen LogP contribution < -0.4 is 0 Å². The molecule has 0 aliphatic rings. The van der Waals surface area contributed by atoms with E-state index in [0.29, 0.717) is 0 Å². The molecule has 0 saturated carbocycles. The van der Waals surface area contributed by atoms with E-state index in [4.69, 9.17) is 15.0 Å². The van der Waals surface area contributed by atoms with Crippen LogP contribution in [0.1, 0.15) is 0 Å². The van der Waals surface area contributed by atoms with Gasteiger partial charge in [0.05, 0.1) is 11.2 Å². The number of imidazole rings is 1. The molecule has 11 aromatic rings. The highest BCUT2D eigenvalue weighted by molar-refractivity contribution is 6.14. The summed E-state index contributed by atoms with van der Waals surface area (Å²) in [5.74, 6) is 0.845. The lowest BCUT2D eigenvalue weighted by atomic mass is 9.92. The highest BCUT2D eigenvalue weighted by Crippen LogP contribution is 2.39. The average molecular weight is 701 g/mol. The van der Waals surface area contributed by atoms with E-state index in [1.807, 2.05) is 30.5 Å². The molecular weight excluding hydrogens is 669 g/mol. The number of hydrogen-bond donors (Lipinski definition) is 0.